The Morgan fingerprint density at radius 3 is 2.94 bits per heavy atom. The van der Waals surface area contributed by atoms with Gasteiger partial charge in [0.25, 0.3) is 0 Å². The predicted octanol–water partition coefficient (Wildman–Crippen LogP) is 1.80. The Bertz CT molecular complexity index is 502. The third-order valence-corrected chi connectivity index (χ3v) is 3.09. The second-order valence-electron chi connectivity index (χ2n) is 4.10. The normalized spacial score (nSPS) is 14.0. The van der Waals surface area contributed by atoms with Crippen LogP contribution >= 0.6 is 11.6 Å². The van der Waals surface area contributed by atoms with Crippen molar-refractivity contribution in [2.75, 3.05) is 20.1 Å². The van der Waals surface area contributed by atoms with Crippen molar-refractivity contribution in [1.82, 2.24) is 10.2 Å². The fraction of sp³-hybridized carbons (Fsp3) is 0.333. The maximum absolute atomic E-state index is 10.7. The van der Waals surface area contributed by atoms with Crippen LogP contribution in [0.4, 0.5) is 4.79 Å². The van der Waals surface area contributed by atoms with Gasteiger partial charge < -0.3 is 15.3 Å². The van der Waals surface area contributed by atoms with E-state index in [1.54, 1.807) is 0 Å². The van der Waals surface area contributed by atoms with Gasteiger partial charge in [-0.05, 0) is 11.6 Å². The molecule has 0 aromatic heterocycles. The van der Waals surface area contributed by atoms with Crippen molar-refractivity contribution in [2.45, 2.75) is 6.54 Å². The number of amides is 1. The molecule has 1 amide bonds. The topological polar surface area (TPSA) is 64.9 Å². The SMILES string of the molecule is CN(Cc1ccc(C2=NCCN2)cc1Cl)C(=O)O. The Morgan fingerprint density at radius 1 is 1.61 bits per heavy atom. The van der Waals surface area contributed by atoms with Crippen LogP contribution in [-0.4, -0.2) is 42.1 Å². The van der Waals surface area contributed by atoms with Crippen LogP contribution in [0.1, 0.15) is 11.1 Å². The molecule has 0 spiro atoms. The van der Waals surface area contributed by atoms with Crippen LogP contribution in [0.15, 0.2) is 23.2 Å². The molecule has 2 N–H and O–H groups in total. The lowest BCUT2D eigenvalue weighted by molar-refractivity contribution is 0.154. The molecule has 2 rings (SSSR count). The molecule has 5 nitrogen and oxygen atoms in total. The zero-order valence-electron chi connectivity index (χ0n) is 9.98. The number of hydrogen-bond acceptors (Lipinski definition) is 3. The average molecular weight is 268 g/mol. The van der Waals surface area contributed by atoms with E-state index in [0.717, 1.165) is 30.1 Å². The number of halogens is 1. The second-order valence-corrected chi connectivity index (χ2v) is 4.51. The van der Waals surface area contributed by atoms with Gasteiger partial charge in [-0.15, -0.1) is 0 Å². The van der Waals surface area contributed by atoms with E-state index in [1.165, 1.54) is 11.9 Å². The molecule has 0 unspecified atom stereocenters. The van der Waals surface area contributed by atoms with Crippen LogP contribution < -0.4 is 5.32 Å². The number of carboxylic acid groups (broad SMARTS) is 1. The number of nitrogens with one attached hydrogen (secondary N) is 1. The molecule has 0 aliphatic carbocycles. The highest BCUT2D eigenvalue weighted by molar-refractivity contribution is 6.31. The molecule has 96 valence electrons. The fourth-order valence-corrected chi connectivity index (χ4v) is 1.98. The molecule has 1 aliphatic rings. The van der Waals surface area contributed by atoms with Gasteiger partial charge in [-0.1, -0.05) is 23.7 Å². The van der Waals surface area contributed by atoms with Gasteiger partial charge in [0.2, 0.25) is 0 Å². The van der Waals surface area contributed by atoms with E-state index >= 15 is 0 Å². The highest BCUT2D eigenvalue weighted by Crippen LogP contribution is 2.20. The molecule has 0 fully saturated rings. The number of carbonyl (C=O) groups is 1. The summed E-state index contributed by atoms with van der Waals surface area (Å²) in [7, 11) is 1.51. The first-order valence-corrected chi connectivity index (χ1v) is 5.97. The van der Waals surface area contributed by atoms with Crippen molar-refractivity contribution >= 4 is 23.5 Å². The fourth-order valence-electron chi connectivity index (χ4n) is 1.74. The summed E-state index contributed by atoms with van der Waals surface area (Å²) < 4.78 is 0. The van der Waals surface area contributed by atoms with E-state index in [-0.39, 0.29) is 6.54 Å². The van der Waals surface area contributed by atoms with Crippen molar-refractivity contribution < 1.29 is 9.90 Å². The first-order valence-electron chi connectivity index (χ1n) is 5.59. The summed E-state index contributed by atoms with van der Waals surface area (Å²) in [4.78, 5) is 16.2. The zero-order chi connectivity index (χ0) is 13.1. The molecule has 1 aromatic carbocycles. The molecule has 18 heavy (non-hydrogen) atoms. The van der Waals surface area contributed by atoms with Gasteiger partial charge in [0.15, 0.2) is 0 Å². The number of aliphatic imine (C=N–C) groups is 1. The zero-order valence-corrected chi connectivity index (χ0v) is 10.7. The number of benzene rings is 1. The summed E-state index contributed by atoms with van der Waals surface area (Å²) >= 11 is 6.15. The Hall–Kier alpha value is -1.75. The summed E-state index contributed by atoms with van der Waals surface area (Å²) in [5.41, 5.74) is 1.71. The molecular formula is C12H14ClN3O2. The minimum absolute atomic E-state index is 0.272. The summed E-state index contributed by atoms with van der Waals surface area (Å²) in [5.74, 6) is 0.843. The lowest BCUT2D eigenvalue weighted by Crippen LogP contribution is -2.24. The van der Waals surface area contributed by atoms with Gasteiger partial charge in [0.1, 0.15) is 5.84 Å². The maximum Gasteiger partial charge on any atom is 0.407 e. The molecule has 6 heteroatoms. The number of amidine groups is 1. The van der Waals surface area contributed by atoms with E-state index in [0.29, 0.717) is 5.02 Å². The highest BCUT2D eigenvalue weighted by atomic mass is 35.5. The van der Waals surface area contributed by atoms with Crippen LogP contribution in [0.25, 0.3) is 0 Å². The number of rotatable bonds is 3. The van der Waals surface area contributed by atoms with Crippen molar-refractivity contribution in [3.63, 3.8) is 0 Å². The number of hydrogen-bond donors (Lipinski definition) is 2. The second kappa shape index (κ2) is 5.27. The highest BCUT2D eigenvalue weighted by Gasteiger charge is 2.12. The lowest BCUT2D eigenvalue weighted by Gasteiger charge is -2.14. The van der Waals surface area contributed by atoms with Gasteiger partial charge in [0.05, 0.1) is 13.1 Å². The van der Waals surface area contributed by atoms with Crippen LogP contribution in [-0.2, 0) is 6.54 Å². The maximum atomic E-state index is 10.7. The van der Waals surface area contributed by atoms with Crippen molar-refractivity contribution in [1.29, 1.82) is 0 Å². The van der Waals surface area contributed by atoms with E-state index in [4.69, 9.17) is 16.7 Å². The van der Waals surface area contributed by atoms with Crippen molar-refractivity contribution in [2.24, 2.45) is 4.99 Å². The Morgan fingerprint density at radius 2 is 2.39 bits per heavy atom. The molecule has 0 radical (unpaired) electrons. The van der Waals surface area contributed by atoms with Gasteiger partial charge >= 0.3 is 6.09 Å². The van der Waals surface area contributed by atoms with E-state index in [9.17, 15) is 4.79 Å². The van der Waals surface area contributed by atoms with Crippen LogP contribution in [0.2, 0.25) is 5.02 Å². The third kappa shape index (κ3) is 2.73. The largest absolute Gasteiger partial charge is 0.465 e. The molecule has 0 saturated heterocycles. The minimum Gasteiger partial charge on any atom is -0.465 e. The summed E-state index contributed by atoms with van der Waals surface area (Å²) in [6, 6.07) is 5.54. The molecule has 1 heterocycles. The van der Waals surface area contributed by atoms with Crippen molar-refractivity contribution in [3.8, 4) is 0 Å². The molecule has 0 saturated carbocycles. The monoisotopic (exact) mass is 267 g/mol. The van der Waals surface area contributed by atoms with Crippen LogP contribution in [0.5, 0.6) is 0 Å². The Labute approximate surface area is 110 Å². The molecule has 1 aromatic rings. The van der Waals surface area contributed by atoms with Crippen LogP contribution in [0, 0.1) is 0 Å². The minimum atomic E-state index is -0.975. The average Bonchev–Trinajstić information content (AvgIpc) is 2.85. The number of nitrogens with zero attached hydrogens (tertiary/aromatic N) is 2. The predicted molar refractivity (Wildman–Crippen MR) is 70.4 cm³/mol. The molecule has 1 aliphatic heterocycles. The molecule has 0 atom stereocenters. The van der Waals surface area contributed by atoms with Gasteiger partial charge in [-0.3, -0.25) is 4.99 Å². The third-order valence-electron chi connectivity index (χ3n) is 2.73. The standard InChI is InChI=1S/C12H14ClN3O2/c1-16(12(17)18)7-9-3-2-8(6-10(9)13)11-14-4-5-15-11/h2-3,6H,4-5,7H2,1H3,(H,14,15)(H,17,18). The molecular weight excluding hydrogens is 254 g/mol. The van der Waals surface area contributed by atoms with E-state index < -0.39 is 6.09 Å². The first-order chi connectivity index (χ1) is 8.58. The van der Waals surface area contributed by atoms with Gasteiger partial charge in [-0.25, -0.2) is 4.79 Å². The Kier molecular flexibility index (Phi) is 3.72. The molecule has 0 bridgehead atoms. The van der Waals surface area contributed by atoms with E-state index in [1.807, 2.05) is 18.2 Å². The summed E-state index contributed by atoms with van der Waals surface area (Å²) in [5, 5.41) is 12.5. The van der Waals surface area contributed by atoms with Gasteiger partial charge in [0, 0.05) is 24.2 Å². The summed E-state index contributed by atoms with van der Waals surface area (Å²) in [6.45, 7) is 1.89. The first kappa shape index (κ1) is 12.7. The smallest absolute Gasteiger partial charge is 0.407 e. The van der Waals surface area contributed by atoms with Gasteiger partial charge in [-0.2, -0.15) is 0 Å². The Balaban J connectivity index is 2.17. The van der Waals surface area contributed by atoms with E-state index in [2.05, 4.69) is 10.3 Å². The summed E-state index contributed by atoms with van der Waals surface area (Å²) in [6.07, 6.45) is -0.975. The van der Waals surface area contributed by atoms with Crippen LogP contribution in [0.3, 0.4) is 0 Å². The van der Waals surface area contributed by atoms with Crippen molar-refractivity contribution in [3.05, 3.63) is 34.3 Å². The quantitative estimate of drug-likeness (QED) is 0.878. The lowest BCUT2D eigenvalue weighted by atomic mass is 10.1.